The van der Waals surface area contributed by atoms with Gasteiger partial charge in [0.15, 0.2) is 5.78 Å². The number of ketones is 1. The van der Waals surface area contributed by atoms with E-state index < -0.39 is 0 Å². The first-order valence-corrected chi connectivity index (χ1v) is 8.24. The summed E-state index contributed by atoms with van der Waals surface area (Å²) in [5.41, 5.74) is 1.72. The molecule has 0 amide bonds. The minimum atomic E-state index is 0.0162. The minimum absolute atomic E-state index is 0.0162. The number of anilines is 1. The van der Waals surface area contributed by atoms with Gasteiger partial charge in [-0.15, -0.1) is 0 Å². The Bertz CT molecular complexity index is 456. The molecule has 1 aromatic rings. The summed E-state index contributed by atoms with van der Waals surface area (Å²) in [7, 11) is 0. The van der Waals surface area contributed by atoms with E-state index in [4.69, 9.17) is 11.6 Å². The van der Waals surface area contributed by atoms with Crippen LogP contribution in [0.4, 0.5) is 5.69 Å². The maximum Gasteiger partial charge on any atom is 0.161 e. The normalized spacial score (nSPS) is 11.2. The summed E-state index contributed by atoms with van der Waals surface area (Å²) in [5, 5.41) is 0.555. The van der Waals surface area contributed by atoms with E-state index in [0.717, 1.165) is 31.6 Å². The molecule has 2 nitrogen and oxygen atoms in total. The van der Waals surface area contributed by atoms with Gasteiger partial charge >= 0.3 is 0 Å². The van der Waals surface area contributed by atoms with Crippen LogP contribution in [-0.2, 0) is 0 Å². The Morgan fingerprint density at radius 3 is 2.00 bits per heavy atom. The predicted molar refractivity (Wildman–Crippen MR) is 92.6 cm³/mol. The molecule has 0 heterocycles. The summed E-state index contributed by atoms with van der Waals surface area (Å²) in [6.45, 7) is 12.6. The van der Waals surface area contributed by atoms with Gasteiger partial charge in [0, 0.05) is 24.3 Å². The number of halogens is 1. The van der Waals surface area contributed by atoms with Gasteiger partial charge in [0.1, 0.15) is 0 Å². The molecule has 0 N–H and O–H groups in total. The highest BCUT2D eigenvalue weighted by Crippen LogP contribution is 2.25. The third-order valence-corrected chi connectivity index (χ3v) is 3.96. The average molecular weight is 310 g/mol. The van der Waals surface area contributed by atoms with E-state index in [1.807, 2.05) is 18.2 Å². The first-order chi connectivity index (χ1) is 9.81. The van der Waals surface area contributed by atoms with E-state index in [9.17, 15) is 4.79 Å². The minimum Gasteiger partial charge on any atom is -0.371 e. The monoisotopic (exact) mass is 309 g/mol. The van der Waals surface area contributed by atoms with E-state index in [2.05, 4.69) is 32.6 Å². The number of nitrogens with zero attached hydrogens (tertiary/aromatic N) is 1. The molecule has 1 aromatic carbocycles. The third-order valence-electron chi connectivity index (χ3n) is 3.65. The summed E-state index contributed by atoms with van der Waals surface area (Å²) >= 11 is 6.25. The van der Waals surface area contributed by atoms with Gasteiger partial charge in [0.05, 0.1) is 5.02 Å². The van der Waals surface area contributed by atoms with Crippen molar-refractivity contribution in [2.45, 2.75) is 47.5 Å². The molecule has 0 aliphatic heterocycles. The maximum absolute atomic E-state index is 11.5. The van der Waals surface area contributed by atoms with E-state index in [1.54, 1.807) is 6.92 Å². The number of carbonyl (C=O) groups excluding carboxylic acids is 1. The van der Waals surface area contributed by atoms with Crippen LogP contribution >= 0.6 is 11.6 Å². The van der Waals surface area contributed by atoms with Crippen LogP contribution in [0.15, 0.2) is 18.2 Å². The number of hydrogen-bond acceptors (Lipinski definition) is 2. The van der Waals surface area contributed by atoms with Crippen molar-refractivity contribution in [3.63, 3.8) is 0 Å². The first-order valence-electron chi connectivity index (χ1n) is 7.86. The van der Waals surface area contributed by atoms with Crippen molar-refractivity contribution in [1.82, 2.24) is 0 Å². The Kier molecular flexibility index (Phi) is 7.24. The van der Waals surface area contributed by atoms with Crippen molar-refractivity contribution >= 4 is 23.1 Å². The molecule has 0 bridgehead atoms. The molecule has 0 fully saturated rings. The van der Waals surface area contributed by atoms with Gasteiger partial charge in [-0.2, -0.15) is 0 Å². The van der Waals surface area contributed by atoms with Crippen LogP contribution in [-0.4, -0.2) is 18.9 Å². The number of Topliss-reactive ketones (excluding diaryl/α,β-unsaturated/α-hetero) is 1. The Morgan fingerprint density at radius 1 is 1.10 bits per heavy atom. The first kappa shape index (κ1) is 18.0. The van der Waals surface area contributed by atoms with Gasteiger partial charge in [-0.25, -0.2) is 0 Å². The summed E-state index contributed by atoms with van der Waals surface area (Å²) < 4.78 is 0. The van der Waals surface area contributed by atoms with Crippen molar-refractivity contribution in [1.29, 1.82) is 0 Å². The summed E-state index contributed by atoms with van der Waals surface area (Å²) in [4.78, 5) is 13.9. The van der Waals surface area contributed by atoms with Gasteiger partial charge in [-0.05, 0) is 49.8 Å². The molecule has 0 spiro atoms. The quantitative estimate of drug-likeness (QED) is 0.596. The molecule has 118 valence electrons. The molecule has 0 aliphatic rings. The second-order valence-corrected chi connectivity index (χ2v) is 6.98. The fourth-order valence-electron chi connectivity index (χ4n) is 2.18. The Morgan fingerprint density at radius 2 is 1.62 bits per heavy atom. The van der Waals surface area contributed by atoms with E-state index in [0.29, 0.717) is 22.4 Å². The lowest BCUT2D eigenvalue weighted by atomic mass is 10.1. The van der Waals surface area contributed by atoms with Gasteiger partial charge in [-0.1, -0.05) is 39.3 Å². The average Bonchev–Trinajstić information content (AvgIpc) is 2.37. The Balaban J connectivity index is 2.90. The summed E-state index contributed by atoms with van der Waals surface area (Å²) in [5.74, 6) is 1.37. The highest BCUT2D eigenvalue weighted by molar-refractivity contribution is 6.34. The summed E-state index contributed by atoms with van der Waals surface area (Å²) in [6.07, 6.45) is 2.31. The molecular weight excluding hydrogens is 282 g/mol. The Labute approximate surface area is 134 Å². The zero-order chi connectivity index (χ0) is 16.0. The molecule has 0 saturated carbocycles. The molecule has 21 heavy (non-hydrogen) atoms. The lowest BCUT2D eigenvalue weighted by Gasteiger charge is -2.27. The zero-order valence-electron chi connectivity index (χ0n) is 13.9. The van der Waals surface area contributed by atoms with E-state index in [1.165, 1.54) is 0 Å². The van der Waals surface area contributed by atoms with E-state index in [-0.39, 0.29) is 5.78 Å². The van der Waals surface area contributed by atoms with Crippen molar-refractivity contribution < 1.29 is 4.79 Å². The highest BCUT2D eigenvalue weighted by atomic mass is 35.5. The summed E-state index contributed by atoms with van der Waals surface area (Å²) in [6, 6.07) is 5.79. The second kappa shape index (κ2) is 8.43. The second-order valence-electron chi connectivity index (χ2n) is 6.57. The number of rotatable bonds is 8. The fourth-order valence-corrected chi connectivity index (χ4v) is 2.49. The maximum atomic E-state index is 11.5. The van der Waals surface area contributed by atoms with Crippen molar-refractivity contribution in [3.05, 3.63) is 28.8 Å². The van der Waals surface area contributed by atoms with Crippen LogP contribution in [0.2, 0.25) is 5.02 Å². The smallest absolute Gasteiger partial charge is 0.161 e. The van der Waals surface area contributed by atoms with Crippen LogP contribution in [0.3, 0.4) is 0 Å². The molecule has 0 saturated heterocycles. The number of carbonyl (C=O) groups is 1. The van der Waals surface area contributed by atoms with Crippen molar-refractivity contribution in [2.24, 2.45) is 11.8 Å². The van der Waals surface area contributed by atoms with Crippen LogP contribution in [0.1, 0.15) is 57.8 Å². The largest absolute Gasteiger partial charge is 0.371 e. The SMILES string of the molecule is CC(=O)c1ccc(N(CCC(C)C)CCC(C)C)cc1Cl. The van der Waals surface area contributed by atoms with Crippen molar-refractivity contribution in [3.8, 4) is 0 Å². The number of benzene rings is 1. The molecule has 0 aromatic heterocycles. The standard InChI is InChI=1S/C18H28ClNO/c1-13(2)8-10-20(11-9-14(3)4)16-6-7-17(15(5)21)18(19)12-16/h6-7,12-14H,8-11H2,1-5H3. The lowest BCUT2D eigenvalue weighted by Crippen LogP contribution is -2.27. The van der Waals surface area contributed by atoms with Gasteiger partial charge in [-0.3, -0.25) is 4.79 Å². The van der Waals surface area contributed by atoms with Crippen LogP contribution < -0.4 is 4.90 Å². The van der Waals surface area contributed by atoms with Crippen molar-refractivity contribution in [2.75, 3.05) is 18.0 Å². The molecular formula is C18H28ClNO. The molecule has 3 heteroatoms. The topological polar surface area (TPSA) is 20.3 Å². The van der Waals surface area contributed by atoms with Crippen LogP contribution in [0.5, 0.6) is 0 Å². The van der Waals surface area contributed by atoms with Gasteiger partial charge in [0.2, 0.25) is 0 Å². The lowest BCUT2D eigenvalue weighted by molar-refractivity contribution is 0.101. The van der Waals surface area contributed by atoms with Gasteiger partial charge in [0.25, 0.3) is 0 Å². The highest BCUT2D eigenvalue weighted by Gasteiger charge is 2.12. The molecule has 1 rings (SSSR count). The van der Waals surface area contributed by atoms with Gasteiger partial charge < -0.3 is 4.90 Å². The number of hydrogen-bond donors (Lipinski definition) is 0. The predicted octanol–water partition coefficient (Wildman–Crippen LogP) is 5.44. The van der Waals surface area contributed by atoms with Crippen LogP contribution in [0, 0.1) is 11.8 Å². The van der Waals surface area contributed by atoms with Crippen LogP contribution in [0.25, 0.3) is 0 Å². The molecule has 0 radical (unpaired) electrons. The molecule has 0 atom stereocenters. The Hall–Kier alpha value is -1.02. The molecule has 0 unspecified atom stereocenters. The third kappa shape index (κ3) is 6.09. The zero-order valence-corrected chi connectivity index (χ0v) is 14.7. The molecule has 0 aliphatic carbocycles. The fraction of sp³-hybridized carbons (Fsp3) is 0.611. The van der Waals surface area contributed by atoms with E-state index >= 15 is 0 Å².